The third kappa shape index (κ3) is 3.62. The SMILES string of the molecule is Cc1cc([C@@H]2[C@H](c3ccccn3)NC(=S)N2Cc2ccncc2)c(C)n1-c1nccs1. The van der Waals surface area contributed by atoms with Crippen molar-refractivity contribution in [2.75, 3.05) is 0 Å². The first-order chi connectivity index (χ1) is 15.1. The standard InChI is InChI=1S/C23H22N6S2/c1-15-13-18(16(2)29(15)23-26-11-12-31-23)21-20(19-5-3-4-8-25-19)27-22(30)28(21)14-17-6-9-24-10-7-17/h3-13,20-21H,14H2,1-2H3,(H,27,30)/t20-,21+/m0/s1. The molecular weight excluding hydrogens is 424 g/mol. The van der Waals surface area contributed by atoms with Gasteiger partial charge in [0, 0.05) is 48.1 Å². The van der Waals surface area contributed by atoms with Crippen molar-refractivity contribution in [3.63, 3.8) is 0 Å². The van der Waals surface area contributed by atoms with Crippen LogP contribution >= 0.6 is 23.6 Å². The van der Waals surface area contributed by atoms with E-state index in [-0.39, 0.29) is 12.1 Å². The van der Waals surface area contributed by atoms with Gasteiger partial charge in [-0.05, 0) is 67.5 Å². The Morgan fingerprint density at radius 3 is 2.61 bits per heavy atom. The third-order valence-corrected chi connectivity index (χ3v) is 6.81. The molecule has 6 nitrogen and oxygen atoms in total. The lowest BCUT2D eigenvalue weighted by atomic mass is 9.96. The van der Waals surface area contributed by atoms with Gasteiger partial charge in [-0.25, -0.2) is 4.98 Å². The number of pyridine rings is 2. The van der Waals surface area contributed by atoms with Crippen LogP contribution in [-0.4, -0.2) is 29.5 Å². The van der Waals surface area contributed by atoms with Crippen LogP contribution in [0.3, 0.4) is 0 Å². The molecule has 1 aliphatic heterocycles. The van der Waals surface area contributed by atoms with Crippen LogP contribution in [0.2, 0.25) is 0 Å². The second-order valence-corrected chi connectivity index (χ2v) is 8.85. The minimum Gasteiger partial charge on any atom is -0.352 e. The zero-order chi connectivity index (χ0) is 21.4. The summed E-state index contributed by atoms with van der Waals surface area (Å²) in [5, 5.41) is 7.25. The molecule has 0 aromatic carbocycles. The Labute approximate surface area is 190 Å². The Hall–Kier alpha value is -3.10. The molecule has 0 amide bonds. The molecule has 0 spiro atoms. The molecule has 8 heteroatoms. The number of hydrogen-bond donors (Lipinski definition) is 1. The minimum atomic E-state index is -0.0409. The van der Waals surface area contributed by atoms with E-state index in [9.17, 15) is 0 Å². The van der Waals surface area contributed by atoms with Crippen molar-refractivity contribution in [2.24, 2.45) is 0 Å². The summed E-state index contributed by atoms with van der Waals surface area (Å²) < 4.78 is 2.22. The number of nitrogens with one attached hydrogen (secondary N) is 1. The fourth-order valence-electron chi connectivity index (χ4n) is 4.31. The number of thiazole rings is 1. The van der Waals surface area contributed by atoms with E-state index in [0.717, 1.165) is 21.6 Å². The van der Waals surface area contributed by atoms with E-state index in [2.05, 4.69) is 55.7 Å². The lowest BCUT2D eigenvalue weighted by molar-refractivity contribution is 0.310. The normalized spacial score (nSPS) is 18.4. The highest BCUT2D eigenvalue weighted by Crippen LogP contribution is 2.42. The maximum Gasteiger partial charge on any atom is 0.193 e. The summed E-state index contributed by atoms with van der Waals surface area (Å²) in [7, 11) is 0. The quantitative estimate of drug-likeness (QED) is 0.455. The first kappa shape index (κ1) is 19.8. The Bertz CT molecular complexity index is 1190. The van der Waals surface area contributed by atoms with Crippen molar-refractivity contribution in [3.8, 4) is 5.13 Å². The molecule has 0 unspecified atom stereocenters. The molecule has 156 valence electrons. The van der Waals surface area contributed by atoms with Crippen LogP contribution in [0.15, 0.2) is 66.6 Å². The summed E-state index contributed by atoms with van der Waals surface area (Å²) in [5.74, 6) is 0. The van der Waals surface area contributed by atoms with Gasteiger partial charge in [-0.3, -0.25) is 14.5 Å². The van der Waals surface area contributed by atoms with Crippen LogP contribution < -0.4 is 5.32 Å². The van der Waals surface area contributed by atoms with Crippen molar-refractivity contribution in [1.82, 2.24) is 29.7 Å². The summed E-state index contributed by atoms with van der Waals surface area (Å²) in [4.78, 5) is 15.6. The maximum atomic E-state index is 5.81. The minimum absolute atomic E-state index is 0.00970. The Morgan fingerprint density at radius 1 is 1.06 bits per heavy atom. The van der Waals surface area contributed by atoms with E-state index in [0.29, 0.717) is 6.54 Å². The molecule has 1 fully saturated rings. The van der Waals surface area contributed by atoms with Gasteiger partial charge in [-0.15, -0.1) is 11.3 Å². The highest BCUT2D eigenvalue weighted by Gasteiger charge is 2.41. The molecule has 0 aliphatic carbocycles. The fraction of sp³-hybridized carbons (Fsp3) is 0.217. The number of rotatable bonds is 5. The molecule has 0 saturated carbocycles. The van der Waals surface area contributed by atoms with Gasteiger partial charge < -0.3 is 10.2 Å². The topological polar surface area (TPSA) is 58.9 Å². The van der Waals surface area contributed by atoms with E-state index in [1.165, 1.54) is 16.8 Å². The molecule has 0 radical (unpaired) electrons. The smallest absolute Gasteiger partial charge is 0.193 e. The Morgan fingerprint density at radius 2 is 1.90 bits per heavy atom. The fourth-order valence-corrected chi connectivity index (χ4v) is 5.36. The number of nitrogens with zero attached hydrogens (tertiary/aromatic N) is 5. The first-order valence-electron chi connectivity index (χ1n) is 10.1. The summed E-state index contributed by atoms with van der Waals surface area (Å²) in [6.07, 6.45) is 7.32. The van der Waals surface area contributed by atoms with Gasteiger partial charge in [0.15, 0.2) is 10.2 Å². The predicted octanol–water partition coefficient (Wildman–Crippen LogP) is 4.51. The largest absolute Gasteiger partial charge is 0.352 e. The summed E-state index contributed by atoms with van der Waals surface area (Å²) >= 11 is 7.45. The summed E-state index contributed by atoms with van der Waals surface area (Å²) in [5.41, 5.74) is 5.70. The monoisotopic (exact) mass is 446 g/mol. The van der Waals surface area contributed by atoms with E-state index in [1.807, 2.05) is 54.4 Å². The molecule has 1 N–H and O–H groups in total. The van der Waals surface area contributed by atoms with Gasteiger partial charge >= 0.3 is 0 Å². The van der Waals surface area contributed by atoms with Gasteiger partial charge in [0.1, 0.15) is 0 Å². The van der Waals surface area contributed by atoms with Crippen molar-refractivity contribution in [1.29, 1.82) is 0 Å². The van der Waals surface area contributed by atoms with Crippen LogP contribution in [0.1, 0.15) is 40.3 Å². The molecule has 1 aliphatic rings. The predicted molar refractivity (Wildman–Crippen MR) is 126 cm³/mol. The van der Waals surface area contributed by atoms with Crippen LogP contribution in [-0.2, 0) is 6.54 Å². The molecule has 5 heterocycles. The van der Waals surface area contributed by atoms with Crippen molar-refractivity contribution in [2.45, 2.75) is 32.5 Å². The van der Waals surface area contributed by atoms with E-state index < -0.39 is 0 Å². The van der Waals surface area contributed by atoms with E-state index in [4.69, 9.17) is 12.2 Å². The second-order valence-electron chi connectivity index (χ2n) is 7.59. The molecule has 4 aromatic heterocycles. The zero-order valence-electron chi connectivity index (χ0n) is 17.3. The number of aromatic nitrogens is 4. The molecular formula is C23H22N6S2. The molecule has 4 aromatic rings. The zero-order valence-corrected chi connectivity index (χ0v) is 18.9. The third-order valence-electron chi connectivity index (χ3n) is 5.70. The molecule has 0 bridgehead atoms. The lowest BCUT2D eigenvalue weighted by Gasteiger charge is -2.28. The van der Waals surface area contributed by atoms with Crippen LogP contribution in [0, 0.1) is 13.8 Å². The van der Waals surface area contributed by atoms with Crippen molar-refractivity contribution < 1.29 is 0 Å². The Balaban J connectivity index is 1.62. The van der Waals surface area contributed by atoms with Crippen LogP contribution in [0.25, 0.3) is 5.13 Å². The maximum absolute atomic E-state index is 5.81. The van der Waals surface area contributed by atoms with Gasteiger partial charge in [0.25, 0.3) is 0 Å². The summed E-state index contributed by atoms with van der Waals surface area (Å²) in [6.45, 7) is 4.98. The van der Waals surface area contributed by atoms with Crippen LogP contribution in [0.5, 0.6) is 0 Å². The summed E-state index contributed by atoms with van der Waals surface area (Å²) in [6, 6.07) is 12.3. The van der Waals surface area contributed by atoms with Gasteiger partial charge in [-0.2, -0.15) is 0 Å². The van der Waals surface area contributed by atoms with Gasteiger partial charge in [0.05, 0.1) is 17.8 Å². The number of aryl methyl sites for hydroxylation is 1. The first-order valence-corrected chi connectivity index (χ1v) is 11.4. The average molecular weight is 447 g/mol. The average Bonchev–Trinajstić information content (AvgIpc) is 3.49. The van der Waals surface area contributed by atoms with Gasteiger partial charge in [0.2, 0.25) is 0 Å². The highest BCUT2D eigenvalue weighted by atomic mass is 32.1. The molecule has 2 atom stereocenters. The second kappa shape index (κ2) is 8.20. The van der Waals surface area contributed by atoms with Gasteiger partial charge in [-0.1, -0.05) is 6.07 Å². The number of hydrogen-bond acceptors (Lipinski definition) is 5. The van der Waals surface area contributed by atoms with Crippen molar-refractivity contribution in [3.05, 3.63) is 94.8 Å². The lowest BCUT2D eigenvalue weighted by Crippen LogP contribution is -2.29. The van der Waals surface area contributed by atoms with Crippen LogP contribution in [0.4, 0.5) is 0 Å². The molecule has 31 heavy (non-hydrogen) atoms. The number of thiocarbonyl (C=S) groups is 1. The van der Waals surface area contributed by atoms with E-state index in [1.54, 1.807) is 11.3 Å². The Kier molecular flexibility index (Phi) is 5.25. The van der Waals surface area contributed by atoms with Crippen molar-refractivity contribution >= 4 is 28.7 Å². The molecule has 5 rings (SSSR count). The molecule has 1 saturated heterocycles. The highest BCUT2D eigenvalue weighted by molar-refractivity contribution is 7.80. The van der Waals surface area contributed by atoms with E-state index >= 15 is 0 Å².